The van der Waals surface area contributed by atoms with Gasteiger partial charge in [0.05, 0.1) is 28.1 Å². The molecule has 0 radical (unpaired) electrons. The Morgan fingerprint density at radius 3 is 1.02 bits per heavy atom. The molecule has 0 fully saturated rings. The van der Waals surface area contributed by atoms with E-state index in [2.05, 4.69) is 167 Å². The molecular formula is C48H35N2OP. The molecule has 0 aromatic heterocycles. The molecule has 0 aliphatic carbocycles. The van der Waals surface area contributed by atoms with E-state index in [1.165, 1.54) is 0 Å². The molecule has 8 aromatic rings. The third kappa shape index (κ3) is 5.53. The van der Waals surface area contributed by atoms with Crippen LogP contribution in [0.3, 0.4) is 0 Å². The minimum Gasteiger partial charge on any atom is -0.270 e. The maximum absolute atomic E-state index is 16.8. The minimum absolute atomic E-state index is 0.754. The van der Waals surface area contributed by atoms with Crippen molar-refractivity contribution in [3.8, 4) is 44.5 Å². The second-order valence-corrected chi connectivity index (χ2v) is 15.4. The van der Waals surface area contributed by atoms with E-state index >= 15 is 4.57 Å². The lowest BCUT2D eigenvalue weighted by Gasteiger charge is -2.33. The van der Waals surface area contributed by atoms with Crippen LogP contribution in [0.2, 0.25) is 0 Å². The van der Waals surface area contributed by atoms with E-state index in [-0.39, 0.29) is 0 Å². The van der Waals surface area contributed by atoms with Gasteiger partial charge in [-0.15, -0.1) is 0 Å². The summed E-state index contributed by atoms with van der Waals surface area (Å²) >= 11 is 0. The number of hydrogen-bond acceptors (Lipinski definition) is 1. The molecule has 0 saturated heterocycles. The summed E-state index contributed by atoms with van der Waals surface area (Å²) in [5.74, 6) is 0. The molecule has 1 heterocycles. The van der Waals surface area contributed by atoms with Crippen molar-refractivity contribution >= 4 is 35.5 Å². The Balaban J connectivity index is 1.37. The van der Waals surface area contributed by atoms with Crippen LogP contribution in [-0.4, -0.2) is 0 Å². The molecule has 0 bridgehead atoms. The van der Waals surface area contributed by atoms with Crippen LogP contribution in [-0.2, 0) is 4.57 Å². The average molecular weight is 687 g/mol. The topological polar surface area (TPSA) is 23.6 Å². The maximum atomic E-state index is 16.8. The summed E-state index contributed by atoms with van der Waals surface area (Å²) in [6.07, 6.45) is 0. The molecule has 1 aliphatic heterocycles. The van der Waals surface area contributed by atoms with Crippen molar-refractivity contribution in [3.05, 3.63) is 212 Å². The van der Waals surface area contributed by atoms with Gasteiger partial charge in [-0.2, -0.15) is 0 Å². The second-order valence-electron chi connectivity index (χ2n) is 13.0. The standard InChI is InChI=1S/C48H35N2OP/c51-52(44-30-14-5-15-31-44)49(42-28-16-26-40(32-42)36-18-6-1-7-19-36)47-34-45(38-22-10-3-11-23-38)46(39-24-12-4-13-25-39)35-48(47)50(52)43-29-17-27-41(33-43)37-20-8-2-9-21-37/h1-35H. The first kappa shape index (κ1) is 31.6. The summed E-state index contributed by atoms with van der Waals surface area (Å²) in [4.78, 5) is 0. The average Bonchev–Trinajstić information content (AvgIpc) is 3.50. The highest BCUT2D eigenvalue weighted by molar-refractivity contribution is 7.76. The van der Waals surface area contributed by atoms with Gasteiger partial charge in [0.15, 0.2) is 0 Å². The molecule has 9 rings (SSSR count). The smallest absolute Gasteiger partial charge is 0.270 e. The zero-order chi connectivity index (χ0) is 34.9. The molecule has 4 heteroatoms. The van der Waals surface area contributed by atoms with Crippen molar-refractivity contribution in [1.29, 1.82) is 0 Å². The third-order valence-corrected chi connectivity index (χ3v) is 12.7. The van der Waals surface area contributed by atoms with Gasteiger partial charge in [-0.25, -0.2) is 0 Å². The molecule has 52 heavy (non-hydrogen) atoms. The van der Waals surface area contributed by atoms with E-state index in [0.29, 0.717) is 0 Å². The van der Waals surface area contributed by atoms with Crippen LogP contribution in [0.1, 0.15) is 0 Å². The molecule has 3 nitrogen and oxygen atoms in total. The molecule has 0 unspecified atom stereocenters. The van der Waals surface area contributed by atoms with Crippen molar-refractivity contribution in [1.82, 2.24) is 0 Å². The highest BCUT2D eigenvalue weighted by atomic mass is 31.2. The van der Waals surface area contributed by atoms with E-state index in [1.807, 2.05) is 54.6 Å². The van der Waals surface area contributed by atoms with Crippen molar-refractivity contribution in [2.45, 2.75) is 0 Å². The highest BCUT2D eigenvalue weighted by Gasteiger charge is 2.49. The van der Waals surface area contributed by atoms with Gasteiger partial charge in [0.25, 0.3) is 0 Å². The maximum Gasteiger partial charge on any atom is 0.301 e. The predicted molar refractivity (Wildman–Crippen MR) is 219 cm³/mol. The first-order valence-corrected chi connectivity index (χ1v) is 19.2. The number of nitrogens with zero attached hydrogens (tertiary/aromatic N) is 2. The highest BCUT2D eigenvalue weighted by Crippen LogP contribution is 2.71. The number of benzene rings is 8. The van der Waals surface area contributed by atoms with Gasteiger partial charge in [0, 0.05) is 0 Å². The number of rotatable bonds is 7. The molecule has 0 spiro atoms. The first-order valence-electron chi connectivity index (χ1n) is 17.6. The summed E-state index contributed by atoms with van der Waals surface area (Å²) in [6.45, 7) is 0. The van der Waals surface area contributed by atoms with E-state index in [4.69, 9.17) is 0 Å². The fraction of sp³-hybridized carbons (Fsp3) is 0. The first-order chi connectivity index (χ1) is 25.7. The van der Waals surface area contributed by atoms with Gasteiger partial charge in [0.2, 0.25) is 0 Å². The van der Waals surface area contributed by atoms with Crippen LogP contribution >= 0.6 is 7.44 Å². The van der Waals surface area contributed by atoms with Gasteiger partial charge in [-0.05, 0) is 93.0 Å². The van der Waals surface area contributed by atoms with E-state index in [1.54, 1.807) is 0 Å². The zero-order valence-corrected chi connectivity index (χ0v) is 29.4. The Kier molecular flexibility index (Phi) is 8.12. The van der Waals surface area contributed by atoms with Gasteiger partial charge in [-0.3, -0.25) is 13.9 Å². The van der Waals surface area contributed by atoms with Crippen molar-refractivity contribution in [2.24, 2.45) is 0 Å². The Morgan fingerprint density at radius 2 is 0.635 bits per heavy atom. The Labute approximate surface area is 305 Å². The summed E-state index contributed by atoms with van der Waals surface area (Å²) in [5, 5.41) is 0.754. The predicted octanol–water partition coefficient (Wildman–Crippen LogP) is 13.2. The van der Waals surface area contributed by atoms with Crippen LogP contribution in [0, 0.1) is 0 Å². The second kappa shape index (κ2) is 13.4. The quantitative estimate of drug-likeness (QED) is 0.156. The number of anilines is 4. The molecule has 248 valence electrons. The van der Waals surface area contributed by atoms with E-state index in [9.17, 15) is 0 Å². The largest absolute Gasteiger partial charge is 0.301 e. The van der Waals surface area contributed by atoms with Crippen molar-refractivity contribution in [3.63, 3.8) is 0 Å². The van der Waals surface area contributed by atoms with Crippen LogP contribution in [0.4, 0.5) is 22.7 Å². The van der Waals surface area contributed by atoms with Gasteiger partial charge in [0.1, 0.15) is 0 Å². The third-order valence-electron chi connectivity index (χ3n) is 9.77. The summed E-state index contributed by atoms with van der Waals surface area (Å²) < 4.78 is 21.0. The monoisotopic (exact) mass is 686 g/mol. The molecule has 0 saturated carbocycles. The number of fused-ring (bicyclic) bond motifs is 1. The fourth-order valence-corrected chi connectivity index (χ4v) is 10.3. The van der Waals surface area contributed by atoms with Crippen molar-refractivity contribution in [2.75, 3.05) is 9.34 Å². The van der Waals surface area contributed by atoms with Gasteiger partial charge >= 0.3 is 7.44 Å². The Bertz CT molecular complexity index is 2380. The lowest BCUT2D eigenvalue weighted by atomic mass is 9.93. The molecule has 8 aromatic carbocycles. The van der Waals surface area contributed by atoms with Crippen LogP contribution in [0.15, 0.2) is 212 Å². The lowest BCUT2D eigenvalue weighted by Crippen LogP contribution is -2.26. The zero-order valence-electron chi connectivity index (χ0n) is 28.5. The fourth-order valence-electron chi connectivity index (χ4n) is 7.35. The normalized spacial score (nSPS) is 13.2. The van der Waals surface area contributed by atoms with Crippen LogP contribution in [0.25, 0.3) is 44.5 Å². The number of hydrogen-bond donors (Lipinski definition) is 0. The summed E-state index contributed by atoms with van der Waals surface area (Å²) in [5.41, 5.74) is 12.2. The SMILES string of the molecule is O=P1(c2ccccc2)N(c2cccc(-c3ccccc3)c2)c2cc(-c3ccccc3)c(-c3ccccc3)cc2N1c1cccc(-c2ccccc2)c1. The van der Waals surface area contributed by atoms with E-state index in [0.717, 1.165) is 72.6 Å². The van der Waals surface area contributed by atoms with Crippen LogP contribution < -0.4 is 14.6 Å². The minimum atomic E-state index is -3.65. The molecular weight excluding hydrogens is 652 g/mol. The lowest BCUT2D eigenvalue weighted by molar-refractivity contribution is 0.582. The summed E-state index contributed by atoms with van der Waals surface area (Å²) in [7, 11) is -3.65. The molecule has 0 amide bonds. The van der Waals surface area contributed by atoms with Gasteiger partial charge in [-0.1, -0.05) is 164 Å². The summed E-state index contributed by atoms with van der Waals surface area (Å²) in [6, 6.07) is 73.2. The van der Waals surface area contributed by atoms with Crippen molar-refractivity contribution < 1.29 is 4.57 Å². The van der Waals surface area contributed by atoms with Gasteiger partial charge < -0.3 is 0 Å². The molecule has 0 N–H and O–H groups in total. The van der Waals surface area contributed by atoms with Crippen LogP contribution in [0.5, 0.6) is 0 Å². The Hall–Kier alpha value is -6.41. The van der Waals surface area contributed by atoms with E-state index < -0.39 is 7.44 Å². The Morgan fingerprint density at radius 1 is 0.308 bits per heavy atom. The molecule has 0 atom stereocenters. The molecule has 1 aliphatic rings.